The summed E-state index contributed by atoms with van der Waals surface area (Å²) >= 11 is 0. The van der Waals surface area contributed by atoms with Gasteiger partial charge in [0.2, 0.25) is 5.91 Å². The van der Waals surface area contributed by atoms with E-state index >= 15 is 0 Å². The first-order chi connectivity index (χ1) is 12.3. The maximum absolute atomic E-state index is 11.7. The first-order valence-corrected chi connectivity index (χ1v) is 8.38. The van der Waals surface area contributed by atoms with Crippen LogP contribution in [0.5, 0.6) is 0 Å². The fourth-order valence-corrected chi connectivity index (χ4v) is 3.56. The number of aromatic amines is 1. The van der Waals surface area contributed by atoms with Crippen LogP contribution in [0.4, 0.5) is 5.69 Å². The number of nitrogens with zero attached hydrogens (tertiary/aromatic N) is 4. The van der Waals surface area contributed by atoms with E-state index in [0.29, 0.717) is 0 Å². The number of pyridine rings is 2. The molecule has 0 bridgehead atoms. The van der Waals surface area contributed by atoms with Gasteiger partial charge in [0.1, 0.15) is 12.1 Å². The van der Waals surface area contributed by atoms with Gasteiger partial charge in [-0.1, -0.05) is 0 Å². The maximum atomic E-state index is 11.7. The SMILES string of the molecule is N#CCC(=O)NC1CCCN(c2ccnc3cnc4[nH]ccc4c23)C1. The lowest BCUT2D eigenvalue weighted by Gasteiger charge is -2.35. The minimum absolute atomic E-state index is 0.0568. The second-order valence-electron chi connectivity index (χ2n) is 6.28. The summed E-state index contributed by atoms with van der Waals surface area (Å²) in [6.07, 6.45) is 7.29. The Kier molecular flexibility index (Phi) is 3.94. The highest BCUT2D eigenvalue weighted by Gasteiger charge is 2.23. The number of piperidine rings is 1. The van der Waals surface area contributed by atoms with Crippen molar-refractivity contribution >= 4 is 33.5 Å². The molecular formula is C18H18N6O. The summed E-state index contributed by atoms with van der Waals surface area (Å²) < 4.78 is 0. The summed E-state index contributed by atoms with van der Waals surface area (Å²) in [6, 6.07) is 6.00. The van der Waals surface area contributed by atoms with E-state index in [1.54, 1.807) is 12.4 Å². The number of hydrogen-bond acceptors (Lipinski definition) is 5. The Balaban J connectivity index is 1.68. The molecule has 1 fully saturated rings. The van der Waals surface area contributed by atoms with Crippen molar-refractivity contribution in [3.63, 3.8) is 0 Å². The van der Waals surface area contributed by atoms with Crippen molar-refractivity contribution in [2.24, 2.45) is 0 Å². The van der Waals surface area contributed by atoms with Crippen LogP contribution in [0.25, 0.3) is 21.9 Å². The predicted octanol–water partition coefficient (Wildman–Crippen LogP) is 2.11. The molecule has 0 aliphatic carbocycles. The van der Waals surface area contributed by atoms with Crippen LogP contribution < -0.4 is 10.2 Å². The number of anilines is 1. The molecule has 1 unspecified atom stereocenters. The van der Waals surface area contributed by atoms with Crippen LogP contribution in [0.2, 0.25) is 0 Å². The molecule has 1 aliphatic heterocycles. The molecule has 7 heteroatoms. The topological polar surface area (TPSA) is 97.7 Å². The lowest BCUT2D eigenvalue weighted by Crippen LogP contribution is -2.47. The second kappa shape index (κ2) is 6.40. The molecule has 3 aromatic rings. The zero-order valence-electron chi connectivity index (χ0n) is 13.7. The Morgan fingerprint density at radius 3 is 3.24 bits per heavy atom. The number of aromatic nitrogens is 3. The van der Waals surface area contributed by atoms with E-state index in [-0.39, 0.29) is 18.4 Å². The molecule has 3 aromatic heterocycles. The van der Waals surface area contributed by atoms with E-state index in [0.717, 1.165) is 53.6 Å². The van der Waals surface area contributed by atoms with Gasteiger partial charge in [-0.3, -0.25) is 9.78 Å². The number of rotatable bonds is 3. The number of hydrogen-bond donors (Lipinski definition) is 2. The van der Waals surface area contributed by atoms with Crippen LogP contribution in [0, 0.1) is 11.3 Å². The van der Waals surface area contributed by atoms with Gasteiger partial charge in [-0.05, 0) is 25.0 Å². The van der Waals surface area contributed by atoms with Gasteiger partial charge in [0.05, 0.1) is 17.8 Å². The molecule has 1 aliphatic rings. The minimum atomic E-state index is -0.203. The van der Waals surface area contributed by atoms with Gasteiger partial charge in [-0.15, -0.1) is 0 Å². The van der Waals surface area contributed by atoms with Gasteiger partial charge < -0.3 is 15.2 Å². The van der Waals surface area contributed by atoms with E-state index < -0.39 is 0 Å². The highest BCUT2D eigenvalue weighted by Crippen LogP contribution is 2.32. The van der Waals surface area contributed by atoms with Crippen LogP contribution >= 0.6 is 0 Å². The molecule has 1 amide bonds. The fraction of sp³-hybridized carbons (Fsp3) is 0.333. The molecule has 2 N–H and O–H groups in total. The smallest absolute Gasteiger partial charge is 0.234 e. The van der Waals surface area contributed by atoms with Crippen molar-refractivity contribution in [3.8, 4) is 6.07 Å². The third-order valence-electron chi connectivity index (χ3n) is 4.64. The Bertz CT molecular complexity index is 973. The molecule has 0 spiro atoms. The Labute approximate surface area is 144 Å². The van der Waals surface area contributed by atoms with E-state index in [1.807, 2.05) is 24.4 Å². The molecule has 0 radical (unpaired) electrons. The molecule has 4 rings (SSSR count). The molecular weight excluding hydrogens is 316 g/mol. The van der Waals surface area contributed by atoms with E-state index in [4.69, 9.17) is 5.26 Å². The molecule has 0 saturated carbocycles. The Morgan fingerprint density at radius 2 is 2.36 bits per heavy atom. The molecule has 126 valence electrons. The lowest BCUT2D eigenvalue weighted by molar-refractivity contribution is -0.120. The molecule has 7 nitrogen and oxygen atoms in total. The van der Waals surface area contributed by atoms with Crippen LogP contribution in [0.1, 0.15) is 19.3 Å². The Hall–Kier alpha value is -3.14. The highest BCUT2D eigenvalue weighted by atomic mass is 16.1. The number of nitrogens with one attached hydrogen (secondary N) is 2. The zero-order valence-corrected chi connectivity index (χ0v) is 13.7. The third-order valence-corrected chi connectivity index (χ3v) is 4.64. The van der Waals surface area contributed by atoms with Crippen LogP contribution in [-0.2, 0) is 4.79 Å². The third kappa shape index (κ3) is 2.87. The molecule has 4 heterocycles. The van der Waals surface area contributed by atoms with Gasteiger partial charge in [0.25, 0.3) is 0 Å². The summed E-state index contributed by atoms with van der Waals surface area (Å²) in [5.74, 6) is -0.203. The van der Waals surface area contributed by atoms with Crippen molar-refractivity contribution in [3.05, 3.63) is 30.7 Å². The minimum Gasteiger partial charge on any atom is -0.369 e. The quantitative estimate of drug-likeness (QED) is 0.764. The predicted molar refractivity (Wildman–Crippen MR) is 95.0 cm³/mol. The number of carbonyl (C=O) groups excluding carboxylic acids is 1. The summed E-state index contributed by atoms with van der Waals surface area (Å²) in [7, 11) is 0. The van der Waals surface area contributed by atoms with Crippen molar-refractivity contribution in [1.29, 1.82) is 5.26 Å². The van der Waals surface area contributed by atoms with E-state index in [9.17, 15) is 4.79 Å². The number of carbonyl (C=O) groups is 1. The zero-order chi connectivity index (χ0) is 17.2. The number of H-pyrrole nitrogens is 1. The van der Waals surface area contributed by atoms with Crippen LogP contribution in [-0.4, -0.2) is 40.0 Å². The molecule has 0 aromatic carbocycles. The van der Waals surface area contributed by atoms with Gasteiger partial charge in [-0.2, -0.15) is 5.26 Å². The Morgan fingerprint density at radius 1 is 1.44 bits per heavy atom. The summed E-state index contributed by atoms with van der Waals surface area (Å²) in [5.41, 5.74) is 2.81. The van der Waals surface area contributed by atoms with Crippen molar-refractivity contribution in [2.45, 2.75) is 25.3 Å². The van der Waals surface area contributed by atoms with Gasteiger partial charge in [0, 0.05) is 48.0 Å². The average molecular weight is 334 g/mol. The molecule has 1 atom stereocenters. The van der Waals surface area contributed by atoms with Crippen molar-refractivity contribution in [2.75, 3.05) is 18.0 Å². The van der Waals surface area contributed by atoms with E-state index in [2.05, 4.69) is 25.2 Å². The monoisotopic (exact) mass is 334 g/mol. The van der Waals surface area contributed by atoms with Crippen molar-refractivity contribution < 1.29 is 4.79 Å². The van der Waals surface area contributed by atoms with Crippen LogP contribution in [0.15, 0.2) is 30.7 Å². The normalized spacial score (nSPS) is 17.6. The molecule has 25 heavy (non-hydrogen) atoms. The largest absolute Gasteiger partial charge is 0.369 e. The van der Waals surface area contributed by atoms with Gasteiger partial charge in [0.15, 0.2) is 0 Å². The average Bonchev–Trinajstić information content (AvgIpc) is 3.10. The standard InChI is InChI=1S/C18H18N6O/c19-6-3-16(25)23-12-2-1-9-24(11-12)15-5-8-20-14-10-22-18-13(17(14)15)4-7-21-18/h4-5,7-8,10,12H,1-3,9,11H2,(H,21,22)(H,23,25). The van der Waals surface area contributed by atoms with Gasteiger partial charge in [-0.25, -0.2) is 4.98 Å². The fourth-order valence-electron chi connectivity index (χ4n) is 3.56. The number of nitriles is 1. The molecule has 1 saturated heterocycles. The number of amides is 1. The highest BCUT2D eigenvalue weighted by molar-refractivity contribution is 6.10. The second-order valence-corrected chi connectivity index (χ2v) is 6.28. The van der Waals surface area contributed by atoms with Crippen LogP contribution in [0.3, 0.4) is 0 Å². The van der Waals surface area contributed by atoms with Crippen molar-refractivity contribution in [1.82, 2.24) is 20.3 Å². The maximum Gasteiger partial charge on any atom is 0.234 e. The summed E-state index contributed by atoms with van der Waals surface area (Å²) in [4.78, 5) is 26.0. The van der Waals surface area contributed by atoms with Gasteiger partial charge >= 0.3 is 0 Å². The number of fused-ring (bicyclic) bond motifs is 3. The first-order valence-electron chi connectivity index (χ1n) is 8.38. The lowest BCUT2D eigenvalue weighted by atomic mass is 10.0. The summed E-state index contributed by atoms with van der Waals surface area (Å²) in [6.45, 7) is 1.66. The van der Waals surface area contributed by atoms with E-state index in [1.165, 1.54) is 0 Å². The summed E-state index contributed by atoms with van der Waals surface area (Å²) in [5, 5.41) is 13.8. The first kappa shape index (κ1) is 15.4.